The molecule has 0 spiro atoms. The zero-order valence-corrected chi connectivity index (χ0v) is 15.8. The number of hydrogen-bond donors (Lipinski definition) is 0. The number of likely N-dealkylation sites (N-methyl/N-ethyl adjacent to an activating group) is 1. The van der Waals surface area contributed by atoms with Crippen molar-refractivity contribution in [1.82, 2.24) is 19.6 Å². The van der Waals surface area contributed by atoms with Gasteiger partial charge in [-0.15, -0.1) is 0 Å². The normalized spacial score (nSPS) is 24.0. The maximum Gasteiger partial charge on any atom is 0.126 e. The van der Waals surface area contributed by atoms with Crippen molar-refractivity contribution in [1.29, 1.82) is 0 Å². The van der Waals surface area contributed by atoms with E-state index in [-0.39, 0.29) is 11.0 Å². The van der Waals surface area contributed by atoms with Gasteiger partial charge in [0.25, 0.3) is 0 Å². The minimum absolute atomic E-state index is 0.221. The molecule has 0 aromatic rings. The standard InChI is InChI=1S/C18H36N4O/c1-17(2,16-23)14-20-8-10-21(11-9-20)15-18(3,4)22-12-6-19(5)7-13-22/h16H,6-15H2,1-5H3. The van der Waals surface area contributed by atoms with Gasteiger partial charge in [0.05, 0.1) is 0 Å². The number of rotatable bonds is 6. The van der Waals surface area contributed by atoms with E-state index in [9.17, 15) is 4.79 Å². The van der Waals surface area contributed by atoms with Crippen molar-refractivity contribution in [3.63, 3.8) is 0 Å². The Labute approximate surface area is 142 Å². The van der Waals surface area contributed by atoms with Crippen molar-refractivity contribution in [3.05, 3.63) is 0 Å². The summed E-state index contributed by atoms with van der Waals surface area (Å²) in [6, 6.07) is 0. The Hall–Kier alpha value is -0.490. The van der Waals surface area contributed by atoms with E-state index in [0.29, 0.717) is 0 Å². The van der Waals surface area contributed by atoms with Crippen LogP contribution in [-0.4, -0.2) is 104 Å². The minimum atomic E-state index is -0.221. The molecular formula is C18H36N4O. The topological polar surface area (TPSA) is 30.0 Å². The molecule has 5 nitrogen and oxygen atoms in total. The quantitative estimate of drug-likeness (QED) is 0.676. The van der Waals surface area contributed by atoms with E-state index in [1.807, 2.05) is 13.8 Å². The molecule has 0 radical (unpaired) electrons. The maximum absolute atomic E-state index is 11.1. The van der Waals surface area contributed by atoms with Crippen molar-refractivity contribution in [3.8, 4) is 0 Å². The molecule has 0 saturated carbocycles. The summed E-state index contributed by atoms with van der Waals surface area (Å²) >= 11 is 0. The highest BCUT2D eigenvalue weighted by Gasteiger charge is 2.32. The molecular weight excluding hydrogens is 288 g/mol. The summed E-state index contributed by atoms with van der Waals surface area (Å²) in [6.07, 6.45) is 1.09. The van der Waals surface area contributed by atoms with E-state index in [0.717, 1.165) is 45.6 Å². The lowest BCUT2D eigenvalue weighted by atomic mass is 9.94. The van der Waals surface area contributed by atoms with Crippen LogP contribution in [0.5, 0.6) is 0 Å². The first kappa shape index (κ1) is 18.8. The first-order chi connectivity index (χ1) is 10.7. The molecule has 2 aliphatic rings. The highest BCUT2D eigenvalue weighted by atomic mass is 16.1. The first-order valence-electron chi connectivity index (χ1n) is 9.06. The molecule has 0 aromatic carbocycles. The lowest BCUT2D eigenvalue weighted by Crippen LogP contribution is -2.60. The number of carbonyl (C=O) groups excluding carboxylic acids is 1. The van der Waals surface area contributed by atoms with Crippen molar-refractivity contribution in [2.24, 2.45) is 5.41 Å². The van der Waals surface area contributed by atoms with Crippen molar-refractivity contribution in [2.75, 3.05) is 72.5 Å². The molecule has 0 amide bonds. The summed E-state index contributed by atoms with van der Waals surface area (Å²) in [6.45, 7) is 20.0. The third-order valence-electron chi connectivity index (χ3n) is 5.38. The van der Waals surface area contributed by atoms with Crippen LogP contribution in [0.4, 0.5) is 0 Å². The minimum Gasteiger partial charge on any atom is -0.304 e. The second-order valence-corrected chi connectivity index (χ2v) is 8.76. The molecule has 2 heterocycles. The molecule has 23 heavy (non-hydrogen) atoms. The Morgan fingerprint density at radius 3 is 1.74 bits per heavy atom. The van der Waals surface area contributed by atoms with Crippen LogP contribution in [0.25, 0.3) is 0 Å². The monoisotopic (exact) mass is 324 g/mol. The van der Waals surface area contributed by atoms with Gasteiger partial charge in [-0.25, -0.2) is 0 Å². The molecule has 0 aliphatic carbocycles. The van der Waals surface area contributed by atoms with E-state index in [4.69, 9.17) is 0 Å². The van der Waals surface area contributed by atoms with E-state index >= 15 is 0 Å². The number of nitrogens with zero attached hydrogens (tertiary/aromatic N) is 4. The zero-order chi connectivity index (χ0) is 17.1. The number of aldehydes is 1. The fourth-order valence-corrected chi connectivity index (χ4v) is 3.78. The second kappa shape index (κ2) is 7.60. The van der Waals surface area contributed by atoms with Crippen LogP contribution in [0, 0.1) is 5.41 Å². The average molecular weight is 325 g/mol. The molecule has 2 saturated heterocycles. The third-order valence-corrected chi connectivity index (χ3v) is 5.38. The van der Waals surface area contributed by atoms with Crippen molar-refractivity contribution >= 4 is 6.29 Å². The molecule has 0 aromatic heterocycles. The SMILES string of the molecule is CN1CCN(C(C)(C)CN2CCN(CC(C)(C)C=O)CC2)CC1. The Morgan fingerprint density at radius 1 is 0.783 bits per heavy atom. The molecule has 5 heteroatoms. The van der Waals surface area contributed by atoms with Gasteiger partial charge in [-0.05, 0) is 20.9 Å². The van der Waals surface area contributed by atoms with Gasteiger partial charge in [0.1, 0.15) is 6.29 Å². The molecule has 0 unspecified atom stereocenters. The van der Waals surface area contributed by atoms with Gasteiger partial charge in [0.2, 0.25) is 0 Å². The van der Waals surface area contributed by atoms with Crippen molar-refractivity contribution in [2.45, 2.75) is 33.2 Å². The second-order valence-electron chi connectivity index (χ2n) is 8.76. The van der Waals surface area contributed by atoms with Crippen LogP contribution in [0.2, 0.25) is 0 Å². The summed E-state index contributed by atoms with van der Waals surface area (Å²) in [4.78, 5) is 21.2. The highest BCUT2D eigenvalue weighted by Crippen LogP contribution is 2.20. The smallest absolute Gasteiger partial charge is 0.126 e. The van der Waals surface area contributed by atoms with Gasteiger partial charge in [0.15, 0.2) is 0 Å². The fourth-order valence-electron chi connectivity index (χ4n) is 3.78. The predicted octanol–water partition coefficient (Wildman–Crippen LogP) is 0.855. The van der Waals surface area contributed by atoms with Crippen LogP contribution in [0.3, 0.4) is 0 Å². The lowest BCUT2D eigenvalue weighted by molar-refractivity contribution is -0.115. The largest absolute Gasteiger partial charge is 0.304 e. The maximum atomic E-state index is 11.1. The Morgan fingerprint density at radius 2 is 1.26 bits per heavy atom. The molecule has 134 valence electrons. The Bertz CT molecular complexity index is 380. The van der Waals surface area contributed by atoms with Crippen LogP contribution in [-0.2, 0) is 4.79 Å². The van der Waals surface area contributed by atoms with Gasteiger partial charge in [-0.2, -0.15) is 0 Å². The third kappa shape index (κ3) is 5.52. The van der Waals surface area contributed by atoms with E-state index in [2.05, 4.69) is 40.5 Å². The van der Waals surface area contributed by atoms with Crippen LogP contribution in [0.1, 0.15) is 27.7 Å². The molecule has 0 N–H and O–H groups in total. The summed E-state index contributed by atoms with van der Waals surface area (Å²) in [5, 5.41) is 0. The number of piperazine rings is 2. The summed E-state index contributed by atoms with van der Waals surface area (Å²) in [7, 11) is 2.21. The van der Waals surface area contributed by atoms with Gasteiger partial charge >= 0.3 is 0 Å². The van der Waals surface area contributed by atoms with E-state index < -0.39 is 0 Å². The summed E-state index contributed by atoms with van der Waals surface area (Å²) in [5.74, 6) is 0. The first-order valence-corrected chi connectivity index (χ1v) is 9.06. The lowest BCUT2D eigenvalue weighted by Gasteiger charge is -2.47. The van der Waals surface area contributed by atoms with E-state index in [1.54, 1.807) is 0 Å². The van der Waals surface area contributed by atoms with Gasteiger partial charge in [-0.1, -0.05) is 13.8 Å². The van der Waals surface area contributed by atoms with Gasteiger partial charge in [-0.3, -0.25) is 14.7 Å². The fraction of sp³-hybridized carbons (Fsp3) is 0.944. The summed E-state index contributed by atoms with van der Waals surface area (Å²) < 4.78 is 0. The molecule has 2 rings (SSSR count). The van der Waals surface area contributed by atoms with Gasteiger partial charge in [0, 0.05) is 76.4 Å². The number of hydrogen-bond acceptors (Lipinski definition) is 5. The van der Waals surface area contributed by atoms with Gasteiger partial charge < -0.3 is 9.69 Å². The molecule has 0 atom stereocenters. The van der Waals surface area contributed by atoms with Crippen LogP contribution in [0.15, 0.2) is 0 Å². The highest BCUT2D eigenvalue weighted by molar-refractivity contribution is 5.58. The summed E-state index contributed by atoms with van der Waals surface area (Å²) in [5.41, 5.74) is 0.0206. The van der Waals surface area contributed by atoms with Crippen LogP contribution >= 0.6 is 0 Å². The predicted molar refractivity (Wildman–Crippen MR) is 95.9 cm³/mol. The Balaban J connectivity index is 1.78. The zero-order valence-electron chi connectivity index (χ0n) is 15.8. The van der Waals surface area contributed by atoms with E-state index in [1.165, 1.54) is 26.2 Å². The number of carbonyl (C=O) groups is 1. The molecule has 2 fully saturated rings. The molecule has 0 bridgehead atoms. The van der Waals surface area contributed by atoms with Crippen LogP contribution < -0.4 is 0 Å². The van der Waals surface area contributed by atoms with Crippen molar-refractivity contribution < 1.29 is 4.79 Å². The average Bonchev–Trinajstić information content (AvgIpc) is 2.49. The molecule has 2 aliphatic heterocycles. The Kier molecular flexibility index (Phi) is 6.22.